The zero-order valence-electron chi connectivity index (χ0n) is 19.0. The average molecular weight is 474 g/mol. The Bertz CT molecular complexity index is 1210. The highest BCUT2D eigenvalue weighted by atomic mass is 32.2. The molecule has 0 saturated carbocycles. The number of ether oxygens (including phenoxy) is 1. The number of hydrogen-bond acceptors (Lipinski definition) is 6. The summed E-state index contributed by atoms with van der Waals surface area (Å²) >= 11 is 1.28. The van der Waals surface area contributed by atoms with Crippen LogP contribution in [0.1, 0.15) is 11.1 Å². The average Bonchev–Trinajstić information content (AvgIpc) is 3.26. The molecule has 0 saturated heterocycles. The highest BCUT2D eigenvalue weighted by Gasteiger charge is 2.19. The van der Waals surface area contributed by atoms with Crippen LogP contribution in [-0.4, -0.2) is 45.1 Å². The van der Waals surface area contributed by atoms with Crippen LogP contribution in [0.5, 0.6) is 5.75 Å². The molecule has 34 heavy (non-hydrogen) atoms. The number of methoxy groups -OCH3 is 1. The van der Waals surface area contributed by atoms with E-state index in [-0.39, 0.29) is 11.7 Å². The number of aromatic nitrogens is 3. The molecular formula is C26H27N5O2S. The molecule has 174 valence electrons. The van der Waals surface area contributed by atoms with Crippen molar-refractivity contribution in [1.29, 1.82) is 0 Å². The van der Waals surface area contributed by atoms with E-state index in [2.05, 4.69) is 22.3 Å². The maximum Gasteiger partial charge on any atom is 0.233 e. The van der Waals surface area contributed by atoms with Gasteiger partial charge in [-0.3, -0.25) is 4.79 Å². The topological polar surface area (TPSA) is 86.3 Å². The first-order valence-corrected chi connectivity index (χ1v) is 12.0. The summed E-state index contributed by atoms with van der Waals surface area (Å²) in [5.74, 6) is 7.64. The summed E-state index contributed by atoms with van der Waals surface area (Å²) in [5.41, 5.74) is 3.03. The molecule has 3 aromatic carbocycles. The van der Waals surface area contributed by atoms with Crippen LogP contribution in [0.3, 0.4) is 0 Å². The summed E-state index contributed by atoms with van der Waals surface area (Å²) in [6, 6.07) is 27.7. The second-order valence-electron chi connectivity index (χ2n) is 7.70. The zero-order chi connectivity index (χ0) is 23.8. The number of nitrogens with zero attached hydrogens (tertiary/aromatic N) is 4. The van der Waals surface area contributed by atoms with Crippen LogP contribution in [0.25, 0.3) is 11.4 Å². The lowest BCUT2D eigenvalue weighted by molar-refractivity contribution is -0.128. The fraction of sp³-hybridized carbons (Fsp3) is 0.192. The Labute approximate surface area is 203 Å². The van der Waals surface area contributed by atoms with Crippen molar-refractivity contribution in [3.8, 4) is 17.1 Å². The van der Waals surface area contributed by atoms with Crippen LogP contribution in [0.2, 0.25) is 0 Å². The summed E-state index contributed by atoms with van der Waals surface area (Å²) in [4.78, 5) is 15.1. The van der Waals surface area contributed by atoms with Crippen molar-refractivity contribution >= 4 is 17.7 Å². The van der Waals surface area contributed by atoms with Gasteiger partial charge < -0.3 is 15.5 Å². The number of carbonyl (C=O) groups excluding carboxylic acids is 1. The lowest BCUT2D eigenvalue weighted by atomic mass is 10.1. The van der Waals surface area contributed by atoms with Gasteiger partial charge in [-0.15, -0.1) is 10.2 Å². The molecule has 0 aliphatic carbocycles. The molecule has 4 rings (SSSR count). The Morgan fingerprint density at radius 3 is 2.29 bits per heavy atom. The number of hydrogen-bond donors (Lipinski definition) is 1. The van der Waals surface area contributed by atoms with Gasteiger partial charge in [0, 0.05) is 13.1 Å². The van der Waals surface area contributed by atoms with Gasteiger partial charge in [0.15, 0.2) is 5.82 Å². The number of thioether (sulfide) groups is 1. The number of amides is 1. The zero-order valence-corrected chi connectivity index (χ0v) is 19.8. The number of nitrogen functional groups attached to an aromatic ring is 1. The standard InChI is InChI=1S/C26H27N5O2S/c1-33-23-15-9-8-14-22(23)25-28-29-26(31(25)27)34-19-24(32)30(18-21-12-6-3-7-13-21)17-16-20-10-4-2-5-11-20/h2-15H,16-19,27H2,1H3. The van der Waals surface area contributed by atoms with Gasteiger partial charge in [-0.2, -0.15) is 0 Å². The Kier molecular flexibility index (Phi) is 7.83. The first kappa shape index (κ1) is 23.4. The van der Waals surface area contributed by atoms with Gasteiger partial charge in [0.2, 0.25) is 11.1 Å². The fourth-order valence-corrected chi connectivity index (χ4v) is 4.37. The number of rotatable bonds is 10. The van der Waals surface area contributed by atoms with E-state index in [1.54, 1.807) is 7.11 Å². The highest BCUT2D eigenvalue weighted by Crippen LogP contribution is 2.29. The number of para-hydroxylation sites is 1. The molecule has 0 spiro atoms. The van der Waals surface area contributed by atoms with Crippen LogP contribution in [-0.2, 0) is 17.8 Å². The first-order chi connectivity index (χ1) is 16.7. The first-order valence-electron chi connectivity index (χ1n) is 11.0. The quantitative estimate of drug-likeness (QED) is 0.276. The van der Waals surface area contributed by atoms with Crippen molar-refractivity contribution in [3.63, 3.8) is 0 Å². The van der Waals surface area contributed by atoms with Gasteiger partial charge in [0.25, 0.3) is 0 Å². The maximum absolute atomic E-state index is 13.2. The highest BCUT2D eigenvalue weighted by molar-refractivity contribution is 7.99. The summed E-state index contributed by atoms with van der Waals surface area (Å²) in [6.45, 7) is 1.18. The normalized spacial score (nSPS) is 10.7. The van der Waals surface area contributed by atoms with Crippen molar-refractivity contribution in [1.82, 2.24) is 19.8 Å². The number of carbonyl (C=O) groups is 1. The van der Waals surface area contributed by atoms with E-state index in [0.29, 0.717) is 29.8 Å². The van der Waals surface area contributed by atoms with E-state index in [1.165, 1.54) is 22.0 Å². The van der Waals surface area contributed by atoms with Gasteiger partial charge in [-0.1, -0.05) is 84.6 Å². The Morgan fingerprint density at radius 2 is 1.59 bits per heavy atom. The molecule has 4 aromatic rings. The van der Waals surface area contributed by atoms with Gasteiger partial charge >= 0.3 is 0 Å². The van der Waals surface area contributed by atoms with E-state index in [4.69, 9.17) is 10.6 Å². The Balaban J connectivity index is 1.45. The molecule has 8 heteroatoms. The third-order valence-electron chi connectivity index (χ3n) is 5.42. The molecule has 0 aliphatic heterocycles. The summed E-state index contributed by atoms with van der Waals surface area (Å²) in [7, 11) is 1.60. The molecular weight excluding hydrogens is 446 g/mol. The fourth-order valence-electron chi connectivity index (χ4n) is 3.61. The second kappa shape index (κ2) is 11.4. The third kappa shape index (κ3) is 5.77. The molecule has 0 radical (unpaired) electrons. The maximum atomic E-state index is 13.2. The van der Waals surface area contributed by atoms with E-state index in [0.717, 1.165) is 17.5 Å². The van der Waals surface area contributed by atoms with E-state index < -0.39 is 0 Å². The van der Waals surface area contributed by atoms with Gasteiger partial charge in [-0.05, 0) is 29.7 Å². The minimum Gasteiger partial charge on any atom is -0.496 e. The lowest BCUT2D eigenvalue weighted by Gasteiger charge is -2.23. The van der Waals surface area contributed by atoms with E-state index >= 15 is 0 Å². The summed E-state index contributed by atoms with van der Waals surface area (Å²) < 4.78 is 6.81. The van der Waals surface area contributed by atoms with Crippen molar-refractivity contribution in [2.24, 2.45) is 0 Å². The van der Waals surface area contributed by atoms with Gasteiger partial charge in [0.05, 0.1) is 18.4 Å². The largest absolute Gasteiger partial charge is 0.496 e. The predicted octanol–water partition coefficient (Wildman–Crippen LogP) is 4.03. The molecule has 2 N–H and O–H groups in total. The van der Waals surface area contributed by atoms with Crippen LogP contribution >= 0.6 is 11.8 Å². The molecule has 0 atom stereocenters. The molecule has 1 amide bonds. The molecule has 1 aromatic heterocycles. The Hall–Kier alpha value is -3.78. The predicted molar refractivity (Wildman–Crippen MR) is 135 cm³/mol. The summed E-state index contributed by atoms with van der Waals surface area (Å²) in [5, 5.41) is 8.89. The second-order valence-corrected chi connectivity index (χ2v) is 8.64. The monoisotopic (exact) mass is 473 g/mol. The lowest BCUT2D eigenvalue weighted by Crippen LogP contribution is -2.34. The third-order valence-corrected chi connectivity index (χ3v) is 6.35. The minimum atomic E-state index is 0.0200. The molecule has 0 fully saturated rings. The van der Waals surface area contributed by atoms with Gasteiger partial charge in [0.1, 0.15) is 5.75 Å². The van der Waals surface area contributed by atoms with Crippen molar-refractivity contribution in [2.75, 3.05) is 25.3 Å². The molecule has 0 bridgehead atoms. The smallest absolute Gasteiger partial charge is 0.233 e. The van der Waals surface area contributed by atoms with Crippen LogP contribution < -0.4 is 10.6 Å². The Morgan fingerprint density at radius 1 is 0.941 bits per heavy atom. The molecule has 0 unspecified atom stereocenters. The molecule has 0 aliphatic rings. The van der Waals surface area contributed by atoms with Crippen LogP contribution in [0.4, 0.5) is 0 Å². The van der Waals surface area contributed by atoms with E-state index in [9.17, 15) is 4.79 Å². The van der Waals surface area contributed by atoms with Crippen LogP contribution in [0.15, 0.2) is 90.1 Å². The SMILES string of the molecule is COc1ccccc1-c1nnc(SCC(=O)N(CCc2ccccc2)Cc2ccccc2)n1N. The van der Waals surface area contributed by atoms with E-state index in [1.807, 2.05) is 77.7 Å². The number of nitrogens with two attached hydrogens (primary N) is 1. The minimum absolute atomic E-state index is 0.0200. The summed E-state index contributed by atoms with van der Waals surface area (Å²) in [6.07, 6.45) is 0.787. The van der Waals surface area contributed by atoms with Crippen molar-refractivity contribution in [2.45, 2.75) is 18.1 Å². The van der Waals surface area contributed by atoms with Crippen molar-refractivity contribution in [3.05, 3.63) is 96.1 Å². The van der Waals surface area contributed by atoms with Crippen LogP contribution in [0, 0.1) is 0 Å². The number of benzene rings is 3. The van der Waals surface area contributed by atoms with Gasteiger partial charge in [-0.25, -0.2) is 4.68 Å². The van der Waals surface area contributed by atoms with Crippen molar-refractivity contribution < 1.29 is 9.53 Å². The molecule has 7 nitrogen and oxygen atoms in total. The molecule has 1 heterocycles.